The number of sulfonamides is 1. The van der Waals surface area contributed by atoms with Crippen LogP contribution in [-0.2, 0) is 16.6 Å². The number of thiazole rings is 1. The summed E-state index contributed by atoms with van der Waals surface area (Å²) in [5, 5.41) is 9.40. The molecule has 4 rings (SSSR count). The molecule has 1 saturated heterocycles. The lowest BCUT2D eigenvalue weighted by molar-refractivity contribution is 0.0710. The molecule has 0 atom stereocenters. The van der Waals surface area contributed by atoms with E-state index >= 15 is 0 Å². The highest BCUT2D eigenvalue weighted by atomic mass is 32.2. The van der Waals surface area contributed by atoms with Gasteiger partial charge in [-0.3, -0.25) is 14.9 Å². The number of hydrogen-bond acceptors (Lipinski definition) is 8. The Morgan fingerprint density at radius 2 is 1.74 bits per heavy atom. The Balaban J connectivity index is 1.41. The minimum Gasteiger partial charge on any atom is -0.345 e. The van der Waals surface area contributed by atoms with Crippen molar-refractivity contribution in [1.29, 1.82) is 0 Å². The number of nitrogens with one attached hydrogen (secondary N) is 1. The van der Waals surface area contributed by atoms with Crippen LogP contribution in [-0.4, -0.2) is 73.0 Å². The molecular formula is C27H31N5O4S2. The zero-order valence-electron chi connectivity index (χ0n) is 21.0. The van der Waals surface area contributed by atoms with Crippen LogP contribution in [0.25, 0.3) is 11.1 Å². The molecular weight excluding hydrogens is 522 g/mol. The van der Waals surface area contributed by atoms with Gasteiger partial charge in [-0.1, -0.05) is 53.8 Å². The average molecular weight is 554 g/mol. The molecule has 1 amide bonds. The molecule has 1 fully saturated rings. The fourth-order valence-corrected chi connectivity index (χ4v) is 6.62. The summed E-state index contributed by atoms with van der Waals surface area (Å²) in [7, 11) is -3.65. The molecule has 0 aliphatic carbocycles. The number of piperazine rings is 1. The molecule has 2 heterocycles. The van der Waals surface area contributed by atoms with Gasteiger partial charge < -0.3 is 4.90 Å². The summed E-state index contributed by atoms with van der Waals surface area (Å²) < 4.78 is 28.1. The first-order valence-corrected chi connectivity index (χ1v) is 14.4. The zero-order chi connectivity index (χ0) is 27.1. The summed E-state index contributed by atoms with van der Waals surface area (Å²) in [4.78, 5) is 20.5. The molecule has 0 spiro atoms. The molecule has 38 heavy (non-hydrogen) atoms. The summed E-state index contributed by atoms with van der Waals surface area (Å²) >= 11 is 1.15. The molecule has 0 bridgehead atoms. The number of aromatic nitrogens is 1. The summed E-state index contributed by atoms with van der Waals surface area (Å²) in [5.74, 6) is -0.618. The summed E-state index contributed by atoms with van der Waals surface area (Å²) in [6, 6.07) is 15.2. The highest BCUT2D eigenvalue weighted by Gasteiger charge is 2.29. The van der Waals surface area contributed by atoms with E-state index in [9.17, 15) is 13.2 Å². The van der Waals surface area contributed by atoms with Crippen LogP contribution >= 0.6 is 11.3 Å². The number of hydroxylamine groups is 1. The molecule has 200 valence electrons. The van der Waals surface area contributed by atoms with E-state index in [0.29, 0.717) is 31.3 Å². The number of nitrogens with zero attached hydrogens (tertiary/aromatic N) is 4. The van der Waals surface area contributed by atoms with Crippen molar-refractivity contribution in [3.8, 4) is 11.1 Å². The Morgan fingerprint density at radius 3 is 2.37 bits per heavy atom. The van der Waals surface area contributed by atoms with Gasteiger partial charge in [-0.15, -0.1) is 13.2 Å². The molecule has 0 radical (unpaired) electrons. The Hall–Kier alpha value is -3.35. The molecule has 11 heteroatoms. The molecule has 2 aromatic carbocycles. The molecule has 1 aromatic heterocycles. The number of amides is 1. The zero-order valence-corrected chi connectivity index (χ0v) is 22.6. The van der Waals surface area contributed by atoms with Crippen molar-refractivity contribution in [1.82, 2.24) is 19.7 Å². The fourth-order valence-electron chi connectivity index (χ4n) is 4.34. The smallest absolute Gasteiger partial charge is 0.286 e. The summed E-state index contributed by atoms with van der Waals surface area (Å²) in [5.41, 5.74) is 4.72. The monoisotopic (exact) mass is 553 g/mol. The van der Waals surface area contributed by atoms with E-state index in [4.69, 9.17) is 5.21 Å². The minimum absolute atomic E-state index is 0.255. The normalized spacial score (nSPS) is 14.4. The third-order valence-electron chi connectivity index (χ3n) is 6.26. The van der Waals surface area contributed by atoms with E-state index in [1.54, 1.807) is 17.6 Å². The topological polar surface area (TPSA) is 106 Å². The van der Waals surface area contributed by atoms with Crippen molar-refractivity contribution < 1.29 is 18.4 Å². The van der Waals surface area contributed by atoms with Gasteiger partial charge in [0.15, 0.2) is 5.13 Å². The van der Waals surface area contributed by atoms with E-state index in [1.807, 2.05) is 41.3 Å². The number of carbonyl (C=O) groups excluding carboxylic acids is 1. The first-order valence-electron chi connectivity index (χ1n) is 12.1. The SMILES string of the molecule is C=CCN(CC=C)Cc1cccc(-c2ccc(S(=O)(=O)N3CCN(c4ncc(C(=O)NO)s4)CC3)cc2)c1. The first kappa shape index (κ1) is 27.7. The van der Waals surface area contributed by atoms with Gasteiger partial charge in [0.05, 0.1) is 11.1 Å². The lowest BCUT2D eigenvalue weighted by atomic mass is 10.0. The number of benzene rings is 2. The predicted molar refractivity (Wildman–Crippen MR) is 150 cm³/mol. The van der Waals surface area contributed by atoms with E-state index in [1.165, 1.54) is 10.5 Å². The molecule has 0 unspecified atom stereocenters. The van der Waals surface area contributed by atoms with Crippen LogP contribution in [0, 0.1) is 0 Å². The summed E-state index contributed by atoms with van der Waals surface area (Å²) in [6.45, 7) is 11.5. The van der Waals surface area contributed by atoms with Gasteiger partial charge in [-0.25, -0.2) is 18.9 Å². The lowest BCUT2D eigenvalue weighted by Crippen LogP contribution is -2.48. The van der Waals surface area contributed by atoms with Gasteiger partial charge in [-0.05, 0) is 34.9 Å². The van der Waals surface area contributed by atoms with Crippen LogP contribution in [0.15, 0.2) is 84.9 Å². The molecule has 9 nitrogen and oxygen atoms in total. The van der Waals surface area contributed by atoms with Crippen molar-refractivity contribution in [3.63, 3.8) is 0 Å². The second-order valence-electron chi connectivity index (χ2n) is 8.84. The second-order valence-corrected chi connectivity index (χ2v) is 11.8. The van der Waals surface area contributed by atoms with Crippen LogP contribution in [0.4, 0.5) is 5.13 Å². The van der Waals surface area contributed by atoms with Crippen molar-refractivity contribution in [2.75, 3.05) is 44.2 Å². The van der Waals surface area contributed by atoms with Crippen molar-refractivity contribution >= 4 is 32.4 Å². The van der Waals surface area contributed by atoms with Crippen LogP contribution in [0.2, 0.25) is 0 Å². The van der Waals surface area contributed by atoms with E-state index in [2.05, 4.69) is 35.2 Å². The molecule has 0 saturated carbocycles. The van der Waals surface area contributed by atoms with Crippen LogP contribution in [0.3, 0.4) is 0 Å². The highest BCUT2D eigenvalue weighted by Crippen LogP contribution is 2.27. The van der Waals surface area contributed by atoms with Gasteiger partial charge in [0.1, 0.15) is 4.88 Å². The third kappa shape index (κ3) is 6.37. The van der Waals surface area contributed by atoms with Gasteiger partial charge in [0.25, 0.3) is 5.91 Å². The van der Waals surface area contributed by atoms with Gasteiger partial charge in [0.2, 0.25) is 10.0 Å². The summed E-state index contributed by atoms with van der Waals surface area (Å²) in [6.07, 6.45) is 5.14. The van der Waals surface area contributed by atoms with Crippen LogP contribution < -0.4 is 10.4 Å². The maximum atomic E-state index is 13.3. The standard InChI is InChI=1S/C27H31N5O4S2/c1-3-12-30(13-4-2)20-21-6-5-7-23(18-21)22-8-10-24(11-9-22)38(35,36)32-16-14-31(15-17-32)27-28-19-25(37-27)26(33)29-34/h3-11,18-19,34H,1-2,12-17,20H2,(H,29,33). The average Bonchev–Trinajstić information content (AvgIpc) is 3.44. The molecule has 1 aliphatic heterocycles. The van der Waals surface area contributed by atoms with E-state index in [-0.39, 0.29) is 9.77 Å². The van der Waals surface area contributed by atoms with Crippen molar-refractivity contribution in [2.24, 2.45) is 0 Å². The Kier molecular flexibility index (Phi) is 9.08. The van der Waals surface area contributed by atoms with Gasteiger partial charge in [0, 0.05) is 45.8 Å². The maximum absolute atomic E-state index is 13.3. The lowest BCUT2D eigenvalue weighted by Gasteiger charge is -2.33. The van der Waals surface area contributed by atoms with Crippen LogP contribution in [0.5, 0.6) is 0 Å². The number of hydrogen-bond donors (Lipinski definition) is 2. The Bertz CT molecular complexity index is 1370. The number of carbonyl (C=O) groups is 1. The fraction of sp³-hybridized carbons (Fsp3) is 0.259. The van der Waals surface area contributed by atoms with Crippen molar-refractivity contribution in [3.05, 3.63) is 90.5 Å². The quantitative estimate of drug-likeness (QED) is 0.212. The molecule has 1 aliphatic rings. The van der Waals surface area contributed by atoms with Crippen molar-refractivity contribution in [2.45, 2.75) is 11.4 Å². The maximum Gasteiger partial charge on any atom is 0.286 e. The largest absolute Gasteiger partial charge is 0.345 e. The first-order chi connectivity index (χ1) is 18.3. The second kappa shape index (κ2) is 12.5. The predicted octanol–water partition coefficient (Wildman–Crippen LogP) is 3.61. The van der Waals surface area contributed by atoms with Crippen LogP contribution in [0.1, 0.15) is 15.2 Å². The molecule has 3 aromatic rings. The Labute approximate surface area is 227 Å². The van der Waals surface area contributed by atoms with Gasteiger partial charge >= 0.3 is 0 Å². The molecule has 2 N–H and O–H groups in total. The van der Waals surface area contributed by atoms with E-state index in [0.717, 1.165) is 47.7 Å². The minimum atomic E-state index is -3.65. The highest BCUT2D eigenvalue weighted by molar-refractivity contribution is 7.89. The van der Waals surface area contributed by atoms with Gasteiger partial charge in [-0.2, -0.15) is 4.31 Å². The number of anilines is 1. The van der Waals surface area contributed by atoms with E-state index < -0.39 is 15.9 Å². The number of rotatable bonds is 11. The third-order valence-corrected chi connectivity index (χ3v) is 9.23. The Morgan fingerprint density at radius 1 is 1.05 bits per heavy atom.